The molecule has 1 aromatic rings. The third kappa shape index (κ3) is 4.10. The summed E-state index contributed by atoms with van der Waals surface area (Å²) in [5, 5.41) is 11.5. The zero-order chi connectivity index (χ0) is 18.6. The summed E-state index contributed by atoms with van der Waals surface area (Å²) in [6, 6.07) is 4.25. The lowest BCUT2D eigenvalue weighted by Gasteiger charge is -2.32. The minimum Gasteiger partial charge on any atom is -0.355 e. The zero-order valence-electron chi connectivity index (χ0n) is 15.1. The molecule has 1 fully saturated rings. The molecule has 0 radical (unpaired) electrons. The fourth-order valence-electron chi connectivity index (χ4n) is 3.21. The van der Waals surface area contributed by atoms with E-state index in [4.69, 9.17) is 0 Å². The number of nitro groups is 1. The largest absolute Gasteiger partial charge is 0.355 e. The van der Waals surface area contributed by atoms with Gasteiger partial charge >= 0.3 is 0 Å². The predicted octanol–water partition coefficient (Wildman–Crippen LogP) is 0.350. The molecule has 9 heteroatoms. The van der Waals surface area contributed by atoms with Gasteiger partial charge in [0.05, 0.1) is 42.5 Å². The third-order valence-electron chi connectivity index (χ3n) is 4.80. The average Bonchev–Trinajstić information content (AvgIpc) is 2.62. The van der Waals surface area contributed by atoms with Gasteiger partial charge in [-0.25, -0.2) is 8.42 Å². The van der Waals surface area contributed by atoms with E-state index >= 15 is 0 Å². The summed E-state index contributed by atoms with van der Waals surface area (Å²) in [6.07, 6.45) is 0. The van der Waals surface area contributed by atoms with Crippen LogP contribution in [0.1, 0.15) is 20.8 Å². The Morgan fingerprint density at radius 1 is 1.20 bits per heavy atom. The van der Waals surface area contributed by atoms with Crippen LogP contribution < -0.4 is 9.80 Å². The van der Waals surface area contributed by atoms with Crippen LogP contribution in [0.25, 0.3) is 0 Å². The standard InChI is InChI=1S/C16H26N4O4S/c1-4-17-9-11-18(12-10-17)15-8-7-14(13-16(15)20(21)22)25(23,24)19(5-2)6-3/h7-8,13H,4-6,9-12H2,1-3H3/p+1. The van der Waals surface area contributed by atoms with Crippen LogP contribution in [-0.4, -0.2) is 63.5 Å². The van der Waals surface area contributed by atoms with Gasteiger partial charge in [-0.15, -0.1) is 0 Å². The fourth-order valence-corrected chi connectivity index (χ4v) is 4.69. The van der Waals surface area contributed by atoms with E-state index in [1.807, 2.05) is 4.90 Å². The molecule has 0 amide bonds. The van der Waals surface area contributed by atoms with Crippen LogP contribution in [0.2, 0.25) is 0 Å². The third-order valence-corrected chi connectivity index (χ3v) is 6.84. The summed E-state index contributed by atoms with van der Waals surface area (Å²) in [5.74, 6) is 0. The molecule has 2 rings (SSSR count). The van der Waals surface area contributed by atoms with Crippen molar-refractivity contribution in [3.8, 4) is 0 Å². The van der Waals surface area contributed by atoms with Crippen LogP contribution in [0.4, 0.5) is 11.4 Å². The lowest BCUT2D eigenvalue weighted by molar-refractivity contribution is -0.898. The molecule has 1 aliphatic rings. The molecule has 0 bridgehead atoms. The average molecular weight is 371 g/mol. The van der Waals surface area contributed by atoms with Gasteiger partial charge in [0.25, 0.3) is 5.69 Å². The molecular formula is C16H27N4O4S+. The number of anilines is 1. The first-order valence-corrected chi connectivity index (χ1v) is 10.2. The Kier molecular flexibility index (Phi) is 6.36. The van der Waals surface area contributed by atoms with E-state index in [9.17, 15) is 18.5 Å². The Morgan fingerprint density at radius 3 is 2.28 bits per heavy atom. The van der Waals surface area contributed by atoms with Crippen molar-refractivity contribution < 1.29 is 18.2 Å². The summed E-state index contributed by atoms with van der Waals surface area (Å²) in [6.45, 7) is 10.6. The number of hydrogen-bond donors (Lipinski definition) is 1. The van der Waals surface area contributed by atoms with E-state index in [0.29, 0.717) is 18.8 Å². The second-order valence-electron chi connectivity index (χ2n) is 6.09. The molecule has 1 aliphatic heterocycles. The monoisotopic (exact) mass is 371 g/mol. The van der Waals surface area contributed by atoms with Crippen molar-refractivity contribution >= 4 is 21.4 Å². The second-order valence-corrected chi connectivity index (χ2v) is 8.03. The number of rotatable bonds is 7. The SMILES string of the molecule is CCN(CC)S(=O)(=O)c1ccc(N2CC[NH+](CC)CC2)c([N+](=O)[O-])c1. The summed E-state index contributed by atoms with van der Waals surface area (Å²) in [4.78, 5) is 14.5. The summed E-state index contributed by atoms with van der Waals surface area (Å²) in [5.41, 5.74) is 0.354. The zero-order valence-corrected chi connectivity index (χ0v) is 15.9. The van der Waals surface area contributed by atoms with E-state index in [1.165, 1.54) is 21.3 Å². The van der Waals surface area contributed by atoms with Crippen LogP contribution in [0, 0.1) is 10.1 Å². The number of nitrogens with one attached hydrogen (secondary N) is 1. The molecule has 0 spiro atoms. The van der Waals surface area contributed by atoms with Crippen LogP contribution in [0.5, 0.6) is 0 Å². The number of likely N-dealkylation sites (N-methyl/N-ethyl adjacent to an activating group) is 1. The van der Waals surface area contributed by atoms with Gasteiger partial charge in [-0.05, 0) is 19.1 Å². The van der Waals surface area contributed by atoms with Gasteiger partial charge in [0.1, 0.15) is 5.69 Å². The Hall–Kier alpha value is -1.71. The smallest absolute Gasteiger partial charge is 0.293 e. The molecule has 0 unspecified atom stereocenters. The highest BCUT2D eigenvalue weighted by Gasteiger charge is 2.29. The topological polar surface area (TPSA) is 88.2 Å². The van der Waals surface area contributed by atoms with Crippen molar-refractivity contribution in [3.05, 3.63) is 28.3 Å². The van der Waals surface area contributed by atoms with Crippen molar-refractivity contribution in [3.63, 3.8) is 0 Å². The molecular weight excluding hydrogens is 344 g/mol. The Labute approximate surface area is 149 Å². The lowest BCUT2D eigenvalue weighted by atomic mass is 10.2. The van der Waals surface area contributed by atoms with Crippen LogP contribution in [-0.2, 0) is 10.0 Å². The van der Waals surface area contributed by atoms with E-state index in [-0.39, 0.29) is 10.6 Å². The molecule has 1 saturated heterocycles. The molecule has 1 heterocycles. The van der Waals surface area contributed by atoms with Gasteiger partial charge in [0.15, 0.2) is 0 Å². The first-order chi connectivity index (χ1) is 11.8. The lowest BCUT2D eigenvalue weighted by Crippen LogP contribution is -3.14. The highest BCUT2D eigenvalue weighted by molar-refractivity contribution is 7.89. The highest BCUT2D eigenvalue weighted by Crippen LogP contribution is 2.31. The molecule has 0 aliphatic carbocycles. The molecule has 1 aromatic carbocycles. The molecule has 0 aromatic heterocycles. The van der Waals surface area contributed by atoms with Crippen molar-refractivity contribution in [1.29, 1.82) is 0 Å². The van der Waals surface area contributed by atoms with Gasteiger partial charge in [-0.1, -0.05) is 13.8 Å². The maximum atomic E-state index is 12.6. The second kappa shape index (κ2) is 8.11. The quantitative estimate of drug-likeness (QED) is 0.552. The van der Waals surface area contributed by atoms with Gasteiger partial charge in [-0.2, -0.15) is 4.31 Å². The van der Waals surface area contributed by atoms with Crippen molar-refractivity contribution in [2.45, 2.75) is 25.7 Å². The number of hydrogen-bond acceptors (Lipinski definition) is 5. The Balaban J connectivity index is 2.37. The highest BCUT2D eigenvalue weighted by atomic mass is 32.2. The maximum absolute atomic E-state index is 12.6. The first kappa shape index (κ1) is 19.6. The Morgan fingerprint density at radius 2 is 1.80 bits per heavy atom. The predicted molar refractivity (Wildman–Crippen MR) is 96.7 cm³/mol. The van der Waals surface area contributed by atoms with E-state index in [0.717, 1.165) is 32.7 Å². The molecule has 8 nitrogen and oxygen atoms in total. The van der Waals surface area contributed by atoms with E-state index in [2.05, 4.69) is 6.92 Å². The van der Waals surface area contributed by atoms with E-state index in [1.54, 1.807) is 19.9 Å². The maximum Gasteiger partial charge on any atom is 0.293 e. The van der Waals surface area contributed by atoms with Gasteiger partial charge in [0, 0.05) is 19.2 Å². The molecule has 0 atom stereocenters. The molecule has 140 valence electrons. The summed E-state index contributed by atoms with van der Waals surface area (Å²) < 4.78 is 26.6. The van der Waals surface area contributed by atoms with Crippen LogP contribution in [0.3, 0.4) is 0 Å². The molecule has 1 N–H and O–H groups in total. The number of quaternary nitrogens is 1. The minimum atomic E-state index is -3.71. The van der Waals surface area contributed by atoms with Crippen LogP contribution >= 0.6 is 0 Å². The molecule has 0 saturated carbocycles. The first-order valence-electron chi connectivity index (χ1n) is 8.72. The minimum absolute atomic E-state index is 0.0236. The summed E-state index contributed by atoms with van der Waals surface area (Å²) >= 11 is 0. The van der Waals surface area contributed by atoms with Crippen molar-refractivity contribution in [2.75, 3.05) is 50.7 Å². The van der Waals surface area contributed by atoms with Gasteiger partial charge in [-0.3, -0.25) is 10.1 Å². The number of sulfonamides is 1. The molecule has 25 heavy (non-hydrogen) atoms. The van der Waals surface area contributed by atoms with Gasteiger partial charge in [0.2, 0.25) is 10.0 Å². The number of piperazine rings is 1. The number of benzene rings is 1. The van der Waals surface area contributed by atoms with Crippen LogP contribution in [0.15, 0.2) is 23.1 Å². The summed E-state index contributed by atoms with van der Waals surface area (Å²) in [7, 11) is -3.71. The van der Waals surface area contributed by atoms with E-state index < -0.39 is 14.9 Å². The fraction of sp³-hybridized carbons (Fsp3) is 0.625. The van der Waals surface area contributed by atoms with Crippen molar-refractivity contribution in [1.82, 2.24) is 4.31 Å². The normalized spacial score (nSPS) is 16.4. The van der Waals surface area contributed by atoms with Gasteiger partial charge < -0.3 is 9.80 Å². The Bertz CT molecular complexity index is 711. The van der Waals surface area contributed by atoms with Crippen molar-refractivity contribution in [2.24, 2.45) is 0 Å². The number of nitrogens with zero attached hydrogens (tertiary/aromatic N) is 3. The number of nitro benzene ring substituents is 1.